The molecule has 4 aliphatic rings. The van der Waals surface area contributed by atoms with Crippen LogP contribution in [0.5, 0.6) is 0 Å². The molecule has 200 valence electrons. The van der Waals surface area contributed by atoms with Gasteiger partial charge < -0.3 is 10.6 Å². The first kappa shape index (κ1) is 27.2. The van der Waals surface area contributed by atoms with Gasteiger partial charge in [0, 0.05) is 19.0 Å². The van der Waals surface area contributed by atoms with Crippen molar-refractivity contribution in [1.29, 1.82) is 0 Å². The summed E-state index contributed by atoms with van der Waals surface area (Å²) in [7, 11) is 0. The van der Waals surface area contributed by atoms with Crippen LogP contribution in [0.1, 0.15) is 112 Å². The SMILES string of the molecule is CCNCCNC(=O)C1CC[C@@]2(C)C(=CC[C@H]3[C@@H]4CC[C@H]([C@H](C)CCCC(C)C)[C@@]4(C)CC[C@@H]32)C1. The van der Waals surface area contributed by atoms with E-state index < -0.39 is 0 Å². The Morgan fingerprint density at radius 1 is 1.03 bits per heavy atom. The zero-order valence-electron chi connectivity index (χ0n) is 23.9. The average Bonchev–Trinajstić information content (AvgIpc) is 3.18. The Balaban J connectivity index is 1.40. The lowest BCUT2D eigenvalue weighted by Crippen LogP contribution is -2.51. The Morgan fingerprint density at radius 2 is 1.83 bits per heavy atom. The summed E-state index contributed by atoms with van der Waals surface area (Å²) >= 11 is 0. The molecule has 0 aliphatic heterocycles. The first-order chi connectivity index (χ1) is 16.7. The predicted molar refractivity (Wildman–Crippen MR) is 148 cm³/mol. The number of amides is 1. The topological polar surface area (TPSA) is 41.1 Å². The van der Waals surface area contributed by atoms with Gasteiger partial charge in [0.2, 0.25) is 5.91 Å². The van der Waals surface area contributed by atoms with E-state index in [2.05, 4.69) is 58.3 Å². The standard InChI is InChI=1S/C32H56N2O/c1-7-33-19-20-34-30(35)24-15-17-31(5)25(21-24)11-12-26-28-14-13-27(23(4)10-8-9-22(2)3)32(28,6)18-16-29(26)31/h11,22-24,26-29,33H,7-10,12-21H2,1-6H3,(H,34,35)/t23-,24?,26+,27-,28+,29+,31+,32-/m1/s1. The molecule has 0 saturated heterocycles. The monoisotopic (exact) mass is 484 g/mol. The minimum atomic E-state index is 0.184. The Kier molecular flexibility index (Phi) is 8.77. The fraction of sp³-hybridized carbons (Fsp3) is 0.906. The Labute approximate surface area is 217 Å². The summed E-state index contributed by atoms with van der Waals surface area (Å²) in [6.07, 6.45) is 17.2. The third kappa shape index (κ3) is 5.41. The van der Waals surface area contributed by atoms with Crippen LogP contribution in [0.3, 0.4) is 0 Å². The summed E-state index contributed by atoms with van der Waals surface area (Å²) in [4.78, 5) is 12.9. The van der Waals surface area contributed by atoms with E-state index in [1.54, 1.807) is 5.57 Å². The molecule has 0 aromatic carbocycles. The van der Waals surface area contributed by atoms with Crippen molar-refractivity contribution in [1.82, 2.24) is 10.6 Å². The highest BCUT2D eigenvalue weighted by Crippen LogP contribution is 2.67. The molecule has 35 heavy (non-hydrogen) atoms. The van der Waals surface area contributed by atoms with E-state index in [0.29, 0.717) is 10.8 Å². The Hall–Kier alpha value is -0.830. The van der Waals surface area contributed by atoms with Crippen molar-refractivity contribution >= 4 is 5.91 Å². The lowest BCUT2D eigenvalue weighted by Gasteiger charge is -2.58. The highest BCUT2D eigenvalue weighted by Gasteiger charge is 2.59. The van der Waals surface area contributed by atoms with Crippen LogP contribution in [0.15, 0.2) is 11.6 Å². The number of hydrogen-bond donors (Lipinski definition) is 2. The van der Waals surface area contributed by atoms with E-state index in [4.69, 9.17) is 0 Å². The summed E-state index contributed by atoms with van der Waals surface area (Å²) in [6.45, 7) is 17.3. The van der Waals surface area contributed by atoms with Crippen LogP contribution in [-0.2, 0) is 4.79 Å². The van der Waals surface area contributed by atoms with Crippen molar-refractivity contribution < 1.29 is 4.79 Å². The Morgan fingerprint density at radius 3 is 2.57 bits per heavy atom. The van der Waals surface area contributed by atoms with Crippen LogP contribution in [0.25, 0.3) is 0 Å². The molecule has 8 atom stereocenters. The number of carbonyl (C=O) groups excluding carboxylic acids is 1. The van der Waals surface area contributed by atoms with Crippen molar-refractivity contribution in [3.8, 4) is 0 Å². The van der Waals surface area contributed by atoms with Gasteiger partial charge in [-0.3, -0.25) is 4.79 Å². The first-order valence-electron chi connectivity index (χ1n) is 15.4. The summed E-state index contributed by atoms with van der Waals surface area (Å²) in [5.74, 6) is 5.76. The quantitative estimate of drug-likeness (QED) is 0.251. The molecule has 0 spiro atoms. The maximum absolute atomic E-state index is 12.9. The number of allylic oxidation sites excluding steroid dienone is 2. The third-order valence-electron chi connectivity index (χ3n) is 11.5. The van der Waals surface area contributed by atoms with Gasteiger partial charge in [-0.15, -0.1) is 0 Å². The molecule has 0 aromatic heterocycles. The molecule has 1 amide bonds. The van der Waals surface area contributed by atoms with Gasteiger partial charge in [0.1, 0.15) is 0 Å². The molecule has 4 aliphatic carbocycles. The zero-order chi connectivity index (χ0) is 25.2. The molecule has 3 fully saturated rings. The molecule has 4 rings (SSSR count). The second-order valence-corrected chi connectivity index (χ2v) is 13.9. The van der Waals surface area contributed by atoms with Crippen molar-refractivity contribution in [3.05, 3.63) is 11.6 Å². The van der Waals surface area contributed by atoms with Gasteiger partial charge in [-0.2, -0.15) is 0 Å². The van der Waals surface area contributed by atoms with Crippen LogP contribution in [-0.4, -0.2) is 25.5 Å². The predicted octanol–water partition coefficient (Wildman–Crippen LogP) is 7.37. The summed E-state index contributed by atoms with van der Waals surface area (Å²) < 4.78 is 0. The highest BCUT2D eigenvalue weighted by molar-refractivity contribution is 5.79. The zero-order valence-corrected chi connectivity index (χ0v) is 23.9. The second kappa shape index (κ2) is 11.3. The number of likely N-dealkylation sites (N-methyl/N-ethyl adjacent to an activating group) is 1. The molecular weight excluding hydrogens is 428 g/mol. The number of rotatable bonds is 10. The van der Waals surface area contributed by atoms with E-state index in [1.165, 1.54) is 57.8 Å². The lowest BCUT2D eigenvalue weighted by atomic mass is 9.46. The van der Waals surface area contributed by atoms with Crippen LogP contribution in [0.4, 0.5) is 0 Å². The van der Waals surface area contributed by atoms with Crippen LogP contribution in [0.2, 0.25) is 0 Å². The maximum atomic E-state index is 12.9. The molecular formula is C32H56N2O. The molecule has 0 aromatic rings. The molecule has 3 nitrogen and oxygen atoms in total. The number of fused-ring (bicyclic) bond motifs is 5. The van der Waals surface area contributed by atoms with E-state index >= 15 is 0 Å². The molecule has 1 unspecified atom stereocenters. The van der Waals surface area contributed by atoms with Crippen LogP contribution < -0.4 is 10.6 Å². The minimum absolute atomic E-state index is 0.184. The second-order valence-electron chi connectivity index (χ2n) is 13.9. The largest absolute Gasteiger partial charge is 0.355 e. The van der Waals surface area contributed by atoms with Gasteiger partial charge in [0.15, 0.2) is 0 Å². The van der Waals surface area contributed by atoms with Crippen molar-refractivity contribution in [2.75, 3.05) is 19.6 Å². The smallest absolute Gasteiger partial charge is 0.223 e. The number of nitrogens with one attached hydrogen (secondary N) is 2. The van der Waals surface area contributed by atoms with Crippen molar-refractivity contribution in [2.24, 2.45) is 52.3 Å². The highest BCUT2D eigenvalue weighted by atomic mass is 16.1. The van der Waals surface area contributed by atoms with Gasteiger partial charge >= 0.3 is 0 Å². The number of hydrogen-bond acceptors (Lipinski definition) is 2. The fourth-order valence-electron chi connectivity index (χ4n) is 9.50. The summed E-state index contributed by atoms with van der Waals surface area (Å²) in [6, 6.07) is 0. The molecule has 3 heteroatoms. The van der Waals surface area contributed by atoms with Crippen LogP contribution in [0, 0.1) is 52.3 Å². The van der Waals surface area contributed by atoms with Gasteiger partial charge in [-0.05, 0) is 104 Å². The molecule has 0 bridgehead atoms. The van der Waals surface area contributed by atoms with E-state index in [0.717, 1.165) is 68.0 Å². The summed E-state index contributed by atoms with van der Waals surface area (Å²) in [5.41, 5.74) is 2.53. The fourth-order valence-corrected chi connectivity index (χ4v) is 9.50. The normalized spacial score (nSPS) is 39.4. The maximum Gasteiger partial charge on any atom is 0.223 e. The molecule has 3 saturated carbocycles. The molecule has 2 N–H and O–H groups in total. The van der Waals surface area contributed by atoms with Gasteiger partial charge in [0.05, 0.1) is 0 Å². The average molecular weight is 485 g/mol. The Bertz CT molecular complexity index is 759. The first-order valence-corrected chi connectivity index (χ1v) is 15.4. The van der Waals surface area contributed by atoms with Gasteiger partial charge in [-0.1, -0.05) is 72.5 Å². The number of carbonyl (C=O) groups is 1. The van der Waals surface area contributed by atoms with E-state index in [9.17, 15) is 4.79 Å². The van der Waals surface area contributed by atoms with Gasteiger partial charge in [-0.25, -0.2) is 0 Å². The minimum Gasteiger partial charge on any atom is -0.355 e. The van der Waals surface area contributed by atoms with Crippen LogP contribution >= 0.6 is 0 Å². The van der Waals surface area contributed by atoms with Crippen molar-refractivity contribution in [3.63, 3.8) is 0 Å². The van der Waals surface area contributed by atoms with E-state index in [-0.39, 0.29) is 11.8 Å². The van der Waals surface area contributed by atoms with E-state index in [1.807, 2.05) is 0 Å². The third-order valence-corrected chi connectivity index (χ3v) is 11.5. The van der Waals surface area contributed by atoms with Gasteiger partial charge in [0.25, 0.3) is 0 Å². The summed E-state index contributed by atoms with van der Waals surface area (Å²) in [5, 5.41) is 6.50. The molecule has 0 heterocycles. The molecule has 0 radical (unpaired) electrons. The van der Waals surface area contributed by atoms with Crippen molar-refractivity contribution in [2.45, 2.75) is 112 Å². The lowest BCUT2D eigenvalue weighted by molar-refractivity contribution is -0.126.